The average molecular weight is 597 g/mol. The molecule has 4 aliphatic rings. The fourth-order valence-electron chi connectivity index (χ4n) is 8.26. The summed E-state index contributed by atoms with van der Waals surface area (Å²) in [5.74, 6) is 1.20. The second kappa shape index (κ2) is 11.0. The molecule has 8 heteroatoms. The quantitative estimate of drug-likeness (QED) is 0.152. The lowest BCUT2D eigenvalue weighted by molar-refractivity contribution is -0.164. The van der Waals surface area contributed by atoms with Gasteiger partial charge in [0.2, 0.25) is 0 Å². The van der Waals surface area contributed by atoms with Gasteiger partial charge in [0, 0.05) is 33.6 Å². The minimum atomic E-state index is -0.642. The minimum Gasteiger partial charge on any atom is -0.464 e. The van der Waals surface area contributed by atoms with Crippen molar-refractivity contribution in [1.29, 1.82) is 0 Å². The summed E-state index contributed by atoms with van der Waals surface area (Å²) in [7, 11) is 1.29. The van der Waals surface area contributed by atoms with Gasteiger partial charge in [0.15, 0.2) is 5.43 Å². The zero-order valence-corrected chi connectivity index (χ0v) is 24.7. The van der Waals surface area contributed by atoms with E-state index in [2.05, 4.69) is 0 Å². The second-order valence-corrected chi connectivity index (χ2v) is 12.9. The first-order chi connectivity index (χ1) is 20.8. The van der Waals surface area contributed by atoms with Gasteiger partial charge in [0.05, 0.1) is 18.7 Å². The van der Waals surface area contributed by atoms with Gasteiger partial charge < -0.3 is 9.30 Å². The average Bonchev–Trinajstić information content (AvgIpc) is 3.01. The van der Waals surface area contributed by atoms with Gasteiger partial charge in [-0.3, -0.25) is 14.8 Å². The standard InChI is InChI=1S/C35H33ClN2O5/c1-43-35(41)32-29(33(39)28-12-11-26(36)19-30(28)37(32)27-5-3-2-4-6-27)18-20-7-9-23(10-8-20)34(40)38(42)31-24-14-21-13-22(16-24)17-25(31)15-21/h2-12,19,21-22,24-25,31,42H,13-18H2,1H3. The summed E-state index contributed by atoms with van der Waals surface area (Å²) >= 11 is 6.33. The number of para-hydroxylation sites is 1. The molecule has 0 radical (unpaired) electrons. The number of fused-ring (bicyclic) bond motifs is 1. The molecule has 1 N–H and O–H groups in total. The Morgan fingerprint density at radius 1 is 0.930 bits per heavy atom. The number of benzene rings is 3. The molecule has 4 saturated carbocycles. The van der Waals surface area contributed by atoms with Crippen molar-refractivity contribution < 1.29 is 19.5 Å². The lowest BCUT2D eigenvalue weighted by Crippen LogP contribution is -2.56. The highest BCUT2D eigenvalue weighted by Crippen LogP contribution is 2.55. The molecule has 4 fully saturated rings. The number of carbonyl (C=O) groups excluding carboxylic acids is 2. The maximum atomic E-state index is 13.9. The van der Waals surface area contributed by atoms with Crippen molar-refractivity contribution in [3.63, 3.8) is 0 Å². The summed E-state index contributed by atoms with van der Waals surface area (Å²) < 4.78 is 6.90. The molecular formula is C35H33ClN2O5. The Hall–Kier alpha value is -3.94. The van der Waals surface area contributed by atoms with Crippen LogP contribution in [-0.2, 0) is 11.2 Å². The molecule has 220 valence electrons. The first kappa shape index (κ1) is 27.9. The number of carbonyl (C=O) groups is 2. The number of hydroxylamine groups is 2. The van der Waals surface area contributed by atoms with Gasteiger partial charge in [-0.05, 0) is 104 Å². The summed E-state index contributed by atoms with van der Waals surface area (Å²) in [5.41, 5.74) is 2.43. The van der Waals surface area contributed by atoms with Crippen LogP contribution in [0.15, 0.2) is 77.6 Å². The Morgan fingerprint density at radius 3 is 2.21 bits per heavy atom. The number of methoxy groups -OCH3 is 1. The number of nitrogens with zero attached hydrogens (tertiary/aromatic N) is 2. The summed E-state index contributed by atoms with van der Waals surface area (Å²) in [6.07, 6.45) is 5.84. The number of esters is 1. The highest BCUT2D eigenvalue weighted by molar-refractivity contribution is 6.31. The van der Waals surface area contributed by atoms with Crippen LogP contribution in [-0.4, -0.2) is 39.9 Å². The molecule has 8 rings (SSSR count). The second-order valence-electron chi connectivity index (χ2n) is 12.4. The van der Waals surface area contributed by atoms with Crippen molar-refractivity contribution in [2.75, 3.05) is 7.11 Å². The van der Waals surface area contributed by atoms with Crippen LogP contribution in [0.5, 0.6) is 0 Å². The number of amides is 1. The van der Waals surface area contributed by atoms with Crippen molar-refractivity contribution in [2.24, 2.45) is 23.7 Å². The summed E-state index contributed by atoms with van der Waals surface area (Å²) in [5, 5.41) is 13.0. The van der Waals surface area contributed by atoms with E-state index in [0.717, 1.165) is 48.1 Å². The van der Waals surface area contributed by atoms with Crippen molar-refractivity contribution in [2.45, 2.75) is 44.6 Å². The van der Waals surface area contributed by atoms with Crippen LogP contribution in [0.2, 0.25) is 5.02 Å². The van der Waals surface area contributed by atoms with Crippen LogP contribution >= 0.6 is 11.6 Å². The van der Waals surface area contributed by atoms with E-state index in [4.69, 9.17) is 16.3 Å². The topological polar surface area (TPSA) is 88.8 Å². The third-order valence-corrected chi connectivity index (χ3v) is 10.1. The van der Waals surface area contributed by atoms with Crippen LogP contribution in [0.25, 0.3) is 16.6 Å². The Labute approximate surface area is 254 Å². The van der Waals surface area contributed by atoms with Gasteiger partial charge >= 0.3 is 5.97 Å². The molecule has 0 unspecified atom stereocenters. The molecule has 43 heavy (non-hydrogen) atoms. The number of rotatable bonds is 6. The number of hydrogen-bond acceptors (Lipinski definition) is 5. The van der Waals surface area contributed by atoms with E-state index in [-0.39, 0.29) is 29.1 Å². The number of ether oxygens (including phenoxy) is 1. The molecular weight excluding hydrogens is 564 g/mol. The molecule has 1 heterocycles. The summed E-state index contributed by atoms with van der Waals surface area (Å²) in [6.45, 7) is 0. The van der Waals surface area contributed by atoms with E-state index in [9.17, 15) is 19.6 Å². The molecule has 0 spiro atoms. The Balaban J connectivity index is 1.23. The van der Waals surface area contributed by atoms with Crippen LogP contribution in [0, 0.1) is 23.7 Å². The zero-order valence-electron chi connectivity index (χ0n) is 23.9. The molecule has 4 aliphatic carbocycles. The first-order valence-corrected chi connectivity index (χ1v) is 15.3. The van der Waals surface area contributed by atoms with Crippen molar-refractivity contribution in [3.8, 4) is 5.69 Å². The smallest absolute Gasteiger partial charge is 0.355 e. The SMILES string of the molecule is COC(=O)c1c(Cc2ccc(C(=O)N(O)C3C4CC5CC(C4)CC3C5)cc2)c(=O)c2ccc(Cl)cc2n1-c1ccccc1. The Morgan fingerprint density at radius 2 is 1.58 bits per heavy atom. The number of hydrogen-bond donors (Lipinski definition) is 1. The molecule has 4 bridgehead atoms. The lowest BCUT2D eigenvalue weighted by atomic mass is 9.54. The molecule has 1 amide bonds. The van der Waals surface area contributed by atoms with Crippen molar-refractivity contribution >= 4 is 34.4 Å². The van der Waals surface area contributed by atoms with Gasteiger partial charge in [-0.15, -0.1) is 0 Å². The summed E-state index contributed by atoms with van der Waals surface area (Å²) in [4.78, 5) is 40.6. The predicted molar refractivity (Wildman–Crippen MR) is 164 cm³/mol. The number of aromatic nitrogens is 1. The maximum Gasteiger partial charge on any atom is 0.355 e. The van der Waals surface area contributed by atoms with Crippen LogP contribution in [0.4, 0.5) is 0 Å². The van der Waals surface area contributed by atoms with Crippen LogP contribution < -0.4 is 5.43 Å². The highest BCUT2D eigenvalue weighted by atomic mass is 35.5. The van der Waals surface area contributed by atoms with E-state index < -0.39 is 11.9 Å². The van der Waals surface area contributed by atoms with E-state index in [1.54, 1.807) is 47.0 Å². The monoisotopic (exact) mass is 596 g/mol. The van der Waals surface area contributed by atoms with Crippen molar-refractivity contribution in [1.82, 2.24) is 9.63 Å². The van der Waals surface area contributed by atoms with Crippen LogP contribution in [0.3, 0.4) is 0 Å². The van der Waals surface area contributed by atoms with Crippen molar-refractivity contribution in [3.05, 3.63) is 110 Å². The van der Waals surface area contributed by atoms with E-state index in [0.29, 0.717) is 39.0 Å². The normalized spacial score (nSPS) is 23.8. The Kier molecular flexibility index (Phi) is 7.10. The van der Waals surface area contributed by atoms with Gasteiger partial charge in [-0.25, -0.2) is 9.86 Å². The third-order valence-electron chi connectivity index (χ3n) is 9.87. The molecule has 0 aliphatic heterocycles. The molecule has 7 nitrogen and oxygen atoms in total. The Bertz CT molecular complexity index is 1750. The predicted octanol–water partition coefficient (Wildman–Crippen LogP) is 6.68. The summed E-state index contributed by atoms with van der Waals surface area (Å²) in [6, 6.07) is 21.1. The fraction of sp³-hybridized carbons (Fsp3) is 0.343. The number of halogens is 1. The van der Waals surface area contributed by atoms with Crippen LogP contribution in [0.1, 0.15) is 64.1 Å². The molecule has 4 aromatic rings. The molecule has 0 saturated heterocycles. The molecule has 0 atom stereocenters. The zero-order chi connectivity index (χ0) is 29.8. The largest absolute Gasteiger partial charge is 0.464 e. The third kappa shape index (κ3) is 4.85. The lowest BCUT2D eigenvalue weighted by Gasteiger charge is -2.55. The van der Waals surface area contributed by atoms with Gasteiger partial charge in [0.25, 0.3) is 5.91 Å². The maximum absolute atomic E-state index is 13.9. The van der Waals surface area contributed by atoms with E-state index >= 15 is 0 Å². The molecule has 1 aromatic heterocycles. The van der Waals surface area contributed by atoms with E-state index in [1.165, 1.54) is 13.5 Å². The fourth-order valence-corrected chi connectivity index (χ4v) is 8.43. The highest BCUT2D eigenvalue weighted by Gasteiger charge is 2.51. The minimum absolute atomic E-state index is 0.120. The number of pyridine rings is 1. The van der Waals surface area contributed by atoms with Gasteiger partial charge in [0.1, 0.15) is 5.69 Å². The van der Waals surface area contributed by atoms with Gasteiger partial charge in [-0.1, -0.05) is 41.9 Å². The first-order valence-electron chi connectivity index (χ1n) is 14.9. The van der Waals surface area contributed by atoms with Gasteiger partial charge in [-0.2, -0.15) is 0 Å². The molecule has 3 aromatic carbocycles. The van der Waals surface area contributed by atoms with E-state index in [1.807, 2.05) is 30.3 Å².